The zero-order valence-electron chi connectivity index (χ0n) is 17.3. The van der Waals surface area contributed by atoms with Gasteiger partial charge in [0.2, 0.25) is 0 Å². The van der Waals surface area contributed by atoms with Crippen molar-refractivity contribution in [1.29, 1.82) is 0 Å². The van der Waals surface area contributed by atoms with Gasteiger partial charge in [-0.15, -0.1) is 11.3 Å². The second-order valence-corrected chi connectivity index (χ2v) is 8.15. The van der Waals surface area contributed by atoms with Crippen LogP contribution in [-0.2, 0) is 6.54 Å². The summed E-state index contributed by atoms with van der Waals surface area (Å²) in [5, 5.41) is 6.24. The van der Waals surface area contributed by atoms with Gasteiger partial charge in [-0.25, -0.2) is 19.3 Å². The van der Waals surface area contributed by atoms with Crippen molar-refractivity contribution >= 4 is 28.6 Å². The van der Waals surface area contributed by atoms with E-state index in [1.54, 1.807) is 12.4 Å². The SMILES string of the molecule is COc1ncc(-c2csc(NC3C=Cc4ccn(Cc5ccc(F)cc5)c4C=C3)n2)cn1. The molecule has 5 rings (SSSR count). The van der Waals surface area contributed by atoms with E-state index in [0.29, 0.717) is 12.6 Å². The number of methoxy groups -OCH3 is 1. The highest BCUT2D eigenvalue weighted by molar-refractivity contribution is 7.14. The van der Waals surface area contributed by atoms with Crippen LogP contribution in [0.3, 0.4) is 0 Å². The number of halogens is 1. The Morgan fingerprint density at radius 1 is 1.09 bits per heavy atom. The first kappa shape index (κ1) is 20.1. The molecule has 0 spiro atoms. The summed E-state index contributed by atoms with van der Waals surface area (Å²) >= 11 is 1.53. The number of anilines is 1. The van der Waals surface area contributed by atoms with Crippen LogP contribution < -0.4 is 10.1 Å². The summed E-state index contributed by atoms with van der Waals surface area (Å²) in [6.45, 7) is 0.686. The van der Waals surface area contributed by atoms with Crippen LogP contribution in [-0.4, -0.2) is 32.7 Å². The normalized spacial score (nSPS) is 14.8. The monoisotopic (exact) mass is 445 g/mol. The van der Waals surface area contributed by atoms with Gasteiger partial charge < -0.3 is 14.6 Å². The second-order valence-electron chi connectivity index (χ2n) is 7.30. The van der Waals surface area contributed by atoms with Crippen molar-refractivity contribution in [3.8, 4) is 17.3 Å². The molecule has 0 aliphatic heterocycles. The third kappa shape index (κ3) is 4.31. The molecule has 8 heteroatoms. The van der Waals surface area contributed by atoms with Crippen LogP contribution in [0.5, 0.6) is 6.01 Å². The van der Waals surface area contributed by atoms with Crippen LogP contribution >= 0.6 is 11.3 Å². The number of benzene rings is 1. The minimum atomic E-state index is -0.221. The standard InChI is InChI=1S/C24H20FN5OS/c1-31-23-26-12-18(13-27-23)21-15-32-24(29-21)28-20-7-4-17-10-11-30(22(17)9-8-20)14-16-2-5-19(25)6-3-16/h2-13,15,20H,14H2,1H3,(H,28,29). The van der Waals surface area contributed by atoms with Gasteiger partial charge in [0.05, 0.1) is 18.8 Å². The smallest absolute Gasteiger partial charge is 0.316 e. The van der Waals surface area contributed by atoms with Crippen LogP contribution in [0.1, 0.15) is 16.8 Å². The predicted octanol–water partition coefficient (Wildman–Crippen LogP) is 5.12. The van der Waals surface area contributed by atoms with E-state index in [-0.39, 0.29) is 11.9 Å². The third-order valence-electron chi connectivity index (χ3n) is 5.15. The number of thiazole rings is 1. The Bertz CT molecular complexity index is 1270. The van der Waals surface area contributed by atoms with E-state index in [0.717, 1.165) is 33.2 Å². The second kappa shape index (κ2) is 8.76. The maximum absolute atomic E-state index is 13.2. The molecule has 3 heterocycles. The summed E-state index contributed by atoms with van der Waals surface area (Å²) in [7, 11) is 1.54. The molecule has 4 aromatic rings. The highest BCUT2D eigenvalue weighted by atomic mass is 32.1. The number of aromatic nitrogens is 4. The lowest BCUT2D eigenvalue weighted by molar-refractivity contribution is 0.380. The minimum Gasteiger partial charge on any atom is -0.467 e. The van der Waals surface area contributed by atoms with Crippen molar-refractivity contribution in [1.82, 2.24) is 19.5 Å². The number of hydrogen-bond donors (Lipinski definition) is 1. The van der Waals surface area contributed by atoms with Gasteiger partial charge in [0.1, 0.15) is 5.82 Å². The topological polar surface area (TPSA) is 64.9 Å². The molecule has 32 heavy (non-hydrogen) atoms. The summed E-state index contributed by atoms with van der Waals surface area (Å²) in [6, 6.07) is 9.05. The zero-order valence-corrected chi connectivity index (χ0v) is 18.1. The highest BCUT2D eigenvalue weighted by Crippen LogP contribution is 2.26. The minimum absolute atomic E-state index is 0.00721. The zero-order chi connectivity index (χ0) is 21.9. The van der Waals surface area contributed by atoms with E-state index in [1.807, 2.05) is 17.5 Å². The third-order valence-corrected chi connectivity index (χ3v) is 5.92. The molecule has 1 N–H and O–H groups in total. The molecule has 3 aromatic heterocycles. The Kier molecular flexibility index (Phi) is 5.51. The molecule has 6 nitrogen and oxygen atoms in total. The van der Waals surface area contributed by atoms with Crippen molar-refractivity contribution in [3.63, 3.8) is 0 Å². The molecule has 0 amide bonds. The first-order valence-electron chi connectivity index (χ1n) is 10.1. The molecular formula is C24H20FN5OS. The maximum Gasteiger partial charge on any atom is 0.316 e. The molecule has 1 aromatic carbocycles. The number of rotatable bonds is 6. The molecule has 0 saturated carbocycles. The van der Waals surface area contributed by atoms with Gasteiger partial charge >= 0.3 is 6.01 Å². The lowest BCUT2D eigenvalue weighted by atomic mass is 10.2. The van der Waals surface area contributed by atoms with Crippen molar-refractivity contribution in [3.05, 3.63) is 89.1 Å². The predicted molar refractivity (Wildman–Crippen MR) is 125 cm³/mol. The van der Waals surface area contributed by atoms with Crippen LogP contribution in [0.25, 0.3) is 23.4 Å². The first-order valence-corrected chi connectivity index (χ1v) is 10.9. The number of fused-ring (bicyclic) bond motifs is 1. The fraction of sp³-hybridized carbons (Fsp3) is 0.125. The van der Waals surface area contributed by atoms with E-state index in [1.165, 1.54) is 30.6 Å². The van der Waals surface area contributed by atoms with E-state index in [4.69, 9.17) is 4.74 Å². The average molecular weight is 446 g/mol. The molecule has 1 unspecified atom stereocenters. The van der Waals surface area contributed by atoms with Gasteiger partial charge in [-0.2, -0.15) is 0 Å². The Morgan fingerprint density at radius 3 is 2.66 bits per heavy atom. The molecule has 160 valence electrons. The Hall–Kier alpha value is -3.78. The van der Waals surface area contributed by atoms with Crippen LogP contribution in [0, 0.1) is 5.82 Å². The van der Waals surface area contributed by atoms with Crippen LogP contribution in [0.4, 0.5) is 9.52 Å². The summed E-state index contributed by atoms with van der Waals surface area (Å²) < 4.78 is 20.4. The van der Waals surface area contributed by atoms with Crippen molar-refractivity contribution in [2.45, 2.75) is 12.6 Å². The maximum atomic E-state index is 13.2. The lowest BCUT2D eigenvalue weighted by Gasteiger charge is -2.09. The van der Waals surface area contributed by atoms with Crippen molar-refractivity contribution in [2.24, 2.45) is 0 Å². The largest absolute Gasteiger partial charge is 0.467 e. The van der Waals surface area contributed by atoms with E-state index >= 15 is 0 Å². The Labute approximate surface area is 188 Å². The number of nitrogens with zero attached hydrogens (tertiary/aromatic N) is 4. The molecule has 0 radical (unpaired) electrons. The van der Waals surface area contributed by atoms with Crippen molar-refractivity contribution in [2.75, 3.05) is 12.4 Å². The van der Waals surface area contributed by atoms with Crippen molar-refractivity contribution < 1.29 is 9.13 Å². The number of nitrogens with one attached hydrogen (secondary N) is 1. The van der Waals surface area contributed by atoms with Gasteiger partial charge in [-0.1, -0.05) is 30.4 Å². The molecule has 0 fully saturated rings. The quantitative estimate of drug-likeness (QED) is 0.446. The lowest BCUT2D eigenvalue weighted by Crippen LogP contribution is -2.12. The van der Waals surface area contributed by atoms with Gasteiger partial charge in [0, 0.05) is 41.8 Å². The molecule has 1 aliphatic carbocycles. The van der Waals surface area contributed by atoms with Gasteiger partial charge in [0.15, 0.2) is 5.13 Å². The number of ether oxygens (including phenoxy) is 1. The van der Waals surface area contributed by atoms with Gasteiger partial charge in [0.25, 0.3) is 0 Å². The summed E-state index contributed by atoms with van der Waals surface area (Å²) in [4.78, 5) is 12.9. The van der Waals surface area contributed by atoms with E-state index in [9.17, 15) is 4.39 Å². The summed E-state index contributed by atoms with van der Waals surface area (Å²) in [6.07, 6.45) is 13.9. The highest BCUT2D eigenvalue weighted by Gasteiger charge is 2.13. The summed E-state index contributed by atoms with van der Waals surface area (Å²) in [5.41, 5.74) is 4.96. The van der Waals surface area contributed by atoms with E-state index < -0.39 is 0 Å². The van der Waals surface area contributed by atoms with Crippen LogP contribution in [0.15, 0.2) is 66.5 Å². The molecular weight excluding hydrogens is 425 g/mol. The average Bonchev–Trinajstić information content (AvgIpc) is 3.38. The first-order chi connectivity index (χ1) is 15.7. The van der Waals surface area contributed by atoms with Crippen LogP contribution in [0.2, 0.25) is 0 Å². The van der Waals surface area contributed by atoms with Gasteiger partial charge in [-0.3, -0.25) is 0 Å². The van der Waals surface area contributed by atoms with E-state index in [2.05, 4.69) is 61.4 Å². The molecule has 0 saturated heterocycles. The number of hydrogen-bond acceptors (Lipinski definition) is 6. The van der Waals surface area contributed by atoms with Gasteiger partial charge in [-0.05, 0) is 35.4 Å². The molecule has 1 atom stereocenters. The fourth-order valence-corrected chi connectivity index (χ4v) is 4.26. The fourth-order valence-electron chi connectivity index (χ4n) is 3.49. The molecule has 1 aliphatic rings. The Morgan fingerprint density at radius 2 is 1.88 bits per heavy atom. The summed E-state index contributed by atoms with van der Waals surface area (Å²) in [5.74, 6) is -0.221. The molecule has 0 bridgehead atoms. The Balaban J connectivity index is 1.29.